The van der Waals surface area contributed by atoms with Gasteiger partial charge in [0, 0.05) is 29.3 Å². The monoisotopic (exact) mass is 283 g/mol. The Morgan fingerprint density at radius 1 is 1.50 bits per heavy atom. The Labute approximate surface area is 118 Å². The van der Waals surface area contributed by atoms with E-state index in [1.807, 2.05) is 23.5 Å². The Kier molecular flexibility index (Phi) is 5.89. The highest BCUT2D eigenvalue weighted by Gasteiger charge is 2.22. The van der Waals surface area contributed by atoms with Crippen molar-refractivity contribution in [2.45, 2.75) is 29.8 Å². The van der Waals surface area contributed by atoms with Crippen molar-refractivity contribution in [1.29, 1.82) is 0 Å². The molecule has 2 N–H and O–H groups in total. The fourth-order valence-corrected chi connectivity index (χ4v) is 4.16. The Morgan fingerprint density at radius 3 is 3.11 bits per heavy atom. The van der Waals surface area contributed by atoms with Gasteiger partial charge in [0.25, 0.3) is 0 Å². The van der Waals surface area contributed by atoms with Gasteiger partial charge in [0.15, 0.2) is 0 Å². The van der Waals surface area contributed by atoms with Gasteiger partial charge in [-0.2, -0.15) is 11.8 Å². The molecule has 0 radical (unpaired) electrons. The number of fused-ring (bicyclic) bond motifs is 1. The predicted molar refractivity (Wildman–Crippen MR) is 81.5 cm³/mol. The van der Waals surface area contributed by atoms with E-state index in [0.29, 0.717) is 12.1 Å². The molecule has 2 atom stereocenters. The van der Waals surface area contributed by atoms with Gasteiger partial charge in [-0.25, -0.2) is 0 Å². The van der Waals surface area contributed by atoms with Crippen LogP contribution in [0.5, 0.6) is 0 Å². The van der Waals surface area contributed by atoms with Gasteiger partial charge < -0.3 is 10.4 Å². The molecular formula is C14H21NOS2. The van der Waals surface area contributed by atoms with Gasteiger partial charge in [0.05, 0.1) is 0 Å². The minimum Gasteiger partial charge on any atom is -0.396 e. The van der Waals surface area contributed by atoms with E-state index in [1.165, 1.54) is 22.6 Å². The molecule has 0 amide bonds. The summed E-state index contributed by atoms with van der Waals surface area (Å²) in [6, 6.07) is 9.53. The zero-order valence-electron chi connectivity index (χ0n) is 10.8. The molecule has 0 spiro atoms. The Balaban J connectivity index is 2.05. The maximum absolute atomic E-state index is 9.13. The molecule has 18 heavy (non-hydrogen) atoms. The molecule has 1 aliphatic rings. The van der Waals surface area contributed by atoms with E-state index < -0.39 is 0 Å². The number of rotatable bonds is 6. The SMILES string of the molecule is CSCC(CCO)NC1CCSc2ccccc21. The quantitative estimate of drug-likeness (QED) is 0.841. The lowest BCUT2D eigenvalue weighted by molar-refractivity contribution is 0.263. The lowest BCUT2D eigenvalue weighted by Gasteiger charge is -2.30. The predicted octanol–water partition coefficient (Wildman–Crippen LogP) is 2.93. The van der Waals surface area contributed by atoms with Gasteiger partial charge >= 0.3 is 0 Å². The van der Waals surface area contributed by atoms with Crippen molar-refractivity contribution in [3.8, 4) is 0 Å². The first-order valence-corrected chi connectivity index (χ1v) is 8.80. The standard InChI is InChI=1S/C14H21NOS2/c1-17-10-11(6-8-16)15-13-7-9-18-14-5-3-2-4-12(13)14/h2-5,11,13,15-16H,6-10H2,1H3. The molecule has 2 nitrogen and oxygen atoms in total. The van der Waals surface area contributed by atoms with E-state index >= 15 is 0 Å². The van der Waals surface area contributed by atoms with Gasteiger partial charge in [0.1, 0.15) is 0 Å². The van der Waals surface area contributed by atoms with Gasteiger partial charge in [0.2, 0.25) is 0 Å². The number of hydrogen-bond acceptors (Lipinski definition) is 4. The molecule has 100 valence electrons. The second kappa shape index (κ2) is 7.43. The number of aliphatic hydroxyl groups is 1. The molecule has 0 bridgehead atoms. The summed E-state index contributed by atoms with van der Waals surface area (Å²) in [4.78, 5) is 1.41. The van der Waals surface area contributed by atoms with Crippen LogP contribution >= 0.6 is 23.5 Å². The van der Waals surface area contributed by atoms with Crippen LogP contribution in [0.2, 0.25) is 0 Å². The van der Waals surface area contributed by atoms with Gasteiger partial charge in [-0.1, -0.05) is 18.2 Å². The van der Waals surface area contributed by atoms with Crippen molar-refractivity contribution in [1.82, 2.24) is 5.32 Å². The van der Waals surface area contributed by atoms with Gasteiger partial charge in [-0.15, -0.1) is 11.8 Å². The van der Waals surface area contributed by atoms with Gasteiger partial charge in [-0.05, 0) is 36.5 Å². The zero-order chi connectivity index (χ0) is 12.8. The number of nitrogens with one attached hydrogen (secondary N) is 1. The van der Waals surface area contributed by atoms with Crippen LogP contribution in [0.1, 0.15) is 24.4 Å². The first-order chi connectivity index (χ1) is 8.85. The summed E-state index contributed by atoms with van der Waals surface area (Å²) in [5, 5.41) is 12.9. The molecule has 0 saturated carbocycles. The summed E-state index contributed by atoms with van der Waals surface area (Å²) in [7, 11) is 0. The largest absolute Gasteiger partial charge is 0.396 e. The average Bonchev–Trinajstić information content (AvgIpc) is 2.40. The highest BCUT2D eigenvalue weighted by Crippen LogP contribution is 2.36. The van der Waals surface area contributed by atoms with E-state index in [9.17, 15) is 0 Å². The van der Waals surface area contributed by atoms with Crippen LogP contribution in [0.25, 0.3) is 0 Å². The zero-order valence-corrected chi connectivity index (χ0v) is 12.4. The summed E-state index contributed by atoms with van der Waals surface area (Å²) in [6.07, 6.45) is 4.14. The second-order valence-corrected chi connectivity index (χ2v) is 6.61. The van der Waals surface area contributed by atoms with Crippen molar-refractivity contribution >= 4 is 23.5 Å². The summed E-state index contributed by atoms with van der Waals surface area (Å²) < 4.78 is 0. The third-order valence-corrected chi connectivity index (χ3v) is 5.10. The van der Waals surface area contributed by atoms with E-state index in [-0.39, 0.29) is 6.61 Å². The summed E-state index contributed by atoms with van der Waals surface area (Å²) in [6.45, 7) is 0.265. The van der Waals surface area contributed by atoms with Crippen LogP contribution in [-0.2, 0) is 0 Å². The first kappa shape index (κ1) is 14.3. The van der Waals surface area contributed by atoms with Crippen LogP contribution < -0.4 is 5.32 Å². The van der Waals surface area contributed by atoms with Crippen molar-refractivity contribution in [2.75, 3.05) is 24.4 Å². The smallest absolute Gasteiger partial charge is 0.0446 e. The van der Waals surface area contributed by atoms with E-state index in [2.05, 4.69) is 35.8 Å². The molecule has 0 aromatic heterocycles. The first-order valence-electron chi connectivity index (χ1n) is 6.42. The lowest BCUT2D eigenvalue weighted by Crippen LogP contribution is -2.36. The third-order valence-electron chi connectivity index (χ3n) is 3.24. The van der Waals surface area contributed by atoms with E-state index in [4.69, 9.17) is 5.11 Å². The highest BCUT2D eigenvalue weighted by atomic mass is 32.2. The molecule has 1 aromatic rings. The van der Waals surface area contributed by atoms with Crippen LogP contribution in [0.4, 0.5) is 0 Å². The molecule has 2 unspecified atom stereocenters. The molecule has 2 rings (SSSR count). The van der Waals surface area contributed by atoms with E-state index in [1.54, 1.807) is 0 Å². The van der Waals surface area contributed by atoms with Gasteiger partial charge in [-0.3, -0.25) is 0 Å². The van der Waals surface area contributed by atoms with Crippen molar-refractivity contribution in [3.63, 3.8) is 0 Å². The number of aliphatic hydroxyl groups excluding tert-OH is 1. The number of benzene rings is 1. The molecule has 0 saturated heterocycles. The molecule has 4 heteroatoms. The average molecular weight is 283 g/mol. The fourth-order valence-electron chi connectivity index (χ4n) is 2.37. The molecular weight excluding hydrogens is 262 g/mol. The normalized spacial score (nSPS) is 20.4. The van der Waals surface area contributed by atoms with Crippen LogP contribution in [0.3, 0.4) is 0 Å². The third kappa shape index (κ3) is 3.67. The van der Waals surface area contributed by atoms with Crippen LogP contribution in [0.15, 0.2) is 29.2 Å². The summed E-state index contributed by atoms with van der Waals surface area (Å²) >= 11 is 3.79. The molecule has 0 aliphatic carbocycles. The molecule has 0 fully saturated rings. The number of hydrogen-bond donors (Lipinski definition) is 2. The molecule has 1 aliphatic heterocycles. The second-order valence-electron chi connectivity index (χ2n) is 4.56. The highest BCUT2D eigenvalue weighted by molar-refractivity contribution is 7.99. The minimum absolute atomic E-state index is 0.265. The topological polar surface area (TPSA) is 32.3 Å². The lowest BCUT2D eigenvalue weighted by atomic mass is 10.0. The van der Waals surface area contributed by atoms with Crippen LogP contribution in [0, 0.1) is 0 Å². The molecule has 1 heterocycles. The summed E-state index contributed by atoms with van der Waals surface area (Å²) in [5.41, 5.74) is 1.43. The summed E-state index contributed by atoms with van der Waals surface area (Å²) in [5.74, 6) is 2.24. The Morgan fingerprint density at radius 2 is 2.33 bits per heavy atom. The number of thioether (sulfide) groups is 2. The Hall–Kier alpha value is -0.160. The molecule has 1 aromatic carbocycles. The van der Waals surface area contributed by atoms with Crippen molar-refractivity contribution < 1.29 is 5.11 Å². The fraction of sp³-hybridized carbons (Fsp3) is 0.571. The van der Waals surface area contributed by atoms with E-state index in [0.717, 1.165) is 12.2 Å². The Bertz CT molecular complexity index is 367. The maximum Gasteiger partial charge on any atom is 0.0446 e. The van der Waals surface area contributed by atoms with Crippen molar-refractivity contribution in [3.05, 3.63) is 29.8 Å². The minimum atomic E-state index is 0.265. The van der Waals surface area contributed by atoms with Crippen LogP contribution in [-0.4, -0.2) is 35.5 Å². The maximum atomic E-state index is 9.13. The van der Waals surface area contributed by atoms with Crippen molar-refractivity contribution in [2.24, 2.45) is 0 Å².